The standard InChI is InChI=1S/C19H24N2O3/c1-19(2,3)21-18(23)13-20-17(22)12-10-15-9-11-16(24-15)14-7-5-4-6-8-14/h4-9,11H,10,12-13H2,1-3H3,(H,20,22)(H,21,23). The highest BCUT2D eigenvalue weighted by molar-refractivity contribution is 5.85. The zero-order valence-corrected chi connectivity index (χ0v) is 14.4. The maximum Gasteiger partial charge on any atom is 0.239 e. The Morgan fingerprint density at radius 3 is 2.38 bits per heavy atom. The molecular weight excluding hydrogens is 304 g/mol. The Kier molecular flexibility index (Phi) is 5.79. The van der Waals surface area contributed by atoms with Gasteiger partial charge in [0.2, 0.25) is 11.8 Å². The summed E-state index contributed by atoms with van der Waals surface area (Å²) >= 11 is 0. The largest absolute Gasteiger partial charge is 0.461 e. The Balaban J connectivity index is 1.76. The zero-order valence-electron chi connectivity index (χ0n) is 14.4. The van der Waals surface area contributed by atoms with Crippen molar-refractivity contribution in [2.45, 2.75) is 39.2 Å². The molecule has 0 fully saturated rings. The third kappa shape index (κ3) is 5.91. The van der Waals surface area contributed by atoms with E-state index in [-0.39, 0.29) is 30.3 Å². The van der Waals surface area contributed by atoms with E-state index in [2.05, 4.69) is 10.6 Å². The van der Waals surface area contributed by atoms with Gasteiger partial charge in [0.05, 0.1) is 6.54 Å². The van der Waals surface area contributed by atoms with Crippen molar-refractivity contribution in [3.8, 4) is 11.3 Å². The van der Waals surface area contributed by atoms with E-state index in [0.29, 0.717) is 6.42 Å². The van der Waals surface area contributed by atoms with Crippen LogP contribution in [0.25, 0.3) is 11.3 Å². The molecule has 0 unspecified atom stereocenters. The summed E-state index contributed by atoms with van der Waals surface area (Å²) in [6, 6.07) is 13.6. The third-order valence-corrected chi connectivity index (χ3v) is 3.28. The first-order valence-corrected chi connectivity index (χ1v) is 8.05. The maximum atomic E-state index is 11.8. The van der Waals surface area contributed by atoms with Crippen LogP contribution in [0.1, 0.15) is 33.0 Å². The van der Waals surface area contributed by atoms with Crippen LogP contribution in [0, 0.1) is 0 Å². The topological polar surface area (TPSA) is 71.3 Å². The van der Waals surface area contributed by atoms with Gasteiger partial charge >= 0.3 is 0 Å². The summed E-state index contributed by atoms with van der Waals surface area (Å²) < 4.78 is 5.75. The van der Waals surface area contributed by atoms with Crippen molar-refractivity contribution >= 4 is 11.8 Å². The Morgan fingerprint density at radius 1 is 1.00 bits per heavy atom. The van der Waals surface area contributed by atoms with Gasteiger partial charge in [-0.05, 0) is 32.9 Å². The summed E-state index contributed by atoms with van der Waals surface area (Å²) in [5, 5.41) is 5.42. The van der Waals surface area contributed by atoms with Crippen LogP contribution in [-0.4, -0.2) is 23.9 Å². The highest BCUT2D eigenvalue weighted by Gasteiger charge is 2.14. The minimum atomic E-state index is -0.302. The van der Waals surface area contributed by atoms with Crippen molar-refractivity contribution < 1.29 is 14.0 Å². The average Bonchev–Trinajstić information content (AvgIpc) is 2.99. The first kappa shape index (κ1) is 17.8. The maximum absolute atomic E-state index is 11.8. The van der Waals surface area contributed by atoms with Gasteiger partial charge in [-0.1, -0.05) is 30.3 Å². The molecule has 0 spiro atoms. The van der Waals surface area contributed by atoms with E-state index in [9.17, 15) is 9.59 Å². The molecule has 24 heavy (non-hydrogen) atoms. The number of carbonyl (C=O) groups is 2. The lowest BCUT2D eigenvalue weighted by Crippen LogP contribution is -2.45. The summed E-state index contributed by atoms with van der Waals surface area (Å²) in [6.07, 6.45) is 0.782. The summed E-state index contributed by atoms with van der Waals surface area (Å²) in [5.74, 6) is 1.18. The lowest BCUT2D eigenvalue weighted by Gasteiger charge is -2.20. The number of nitrogens with one attached hydrogen (secondary N) is 2. The van der Waals surface area contributed by atoms with Crippen LogP contribution >= 0.6 is 0 Å². The van der Waals surface area contributed by atoms with E-state index in [4.69, 9.17) is 4.42 Å². The molecule has 0 radical (unpaired) electrons. The number of aryl methyl sites for hydroxylation is 1. The zero-order chi connectivity index (χ0) is 17.6. The van der Waals surface area contributed by atoms with E-state index in [1.165, 1.54) is 0 Å². The van der Waals surface area contributed by atoms with E-state index < -0.39 is 0 Å². The van der Waals surface area contributed by atoms with Crippen molar-refractivity contribution in [2.24, 2.45) is 0 Å². The number of furan rings is 1. The monoisotopic (exact) mass is 328 g/mol. The Labute approximate surface area is 142 Å². The van der Waals surface area contributed by atoms with Crippen LogP contribution < -0.4 is 10.6 Å². The molecule has 5 heteroatoms. The van der Waals surface area contributed by atoms with Gasteiger partial charge in [0, 0.05) is 23.9 Å². The minimum Gasteiger partial charge on any atom is -0.461 e. The number of carbonyl (C=O) groups excluding carboxylic acids is 2. The predicted molar refractivity (Wildman–Crippen MR) is 93.4 cm³/mol. The van der Waals surface area contributed by atoms with Gasteiger partial charge in [0.25, 0.3) is 0 Å². The highest BCUT2D eigenvalue weighted by atomic mass is 16.3. The minimum absolute atomic E-state index is 0.0104. The van der Waals surface area contributed by atoms with E-state index >= 15 is 0 Å². The van der Waals surface area contributed by atoms with Gasteiger partial charge in [-0.3, -0.25) is 9.59 Å². The number of amides is 2. The van der Waals surface area contributed by atoms with Crippen molar-refractivity contribution in [3.05, 3.63) is 48.2 Å². The van der Waals surface area contributed by atoms with Gasteiger partial charge in [-0.25, -0.2) is 0 Å². The van der Waals surface area contributed by atoms with Gasteiger partial charge in [0.15, 0.2) is 0 Å². The van der Waals surface area contributed by atoms with Gasteiger partial charge in [-0.2, -0.15) is 0 Å². The van der Waals surface area contributed by atoms with Crippen molar-refractivity contribution in [3.63, 3.8) is 0 Å². The summed E-state index contributed by atoms with van der Waals surface area (Å²) in [4.78, 5) is 23.5. The number of benzene rings is 1. The van der Waals surface area contributed by atoms with E-state index in [1.54, 1.807) is 0 Å². The molecule has 1 aromatic carbocycles. The summed E-state index contributed by atoms with van der Waals surface area (Å²) in [7, 11) is 0. The lowest BCUT2D eigenvalue weighted by atomic mass is 10.1. The highest BCUT2D eigenvalue weighted by Crippen LogP contribution is 2.22. The van der Waals surface area contributed by atoms with Crippen LogP contribution in [0.4, 0.5) is 0 Å². The summed E-state index contributed by atoms with van der Waals surface area (Å²) in [6.45, 7) is 5.68. The Hall–Kier alpha value is -2.56. The molecule has 0 saturated carbocycles. The van der Waals surface area contributed by atoms with E-state index in [1.807, 2.05) is 63.2 Å². The second kappa shape index (κ2) is 7.81. The fourth-order valence-corrected chi connectivity index (χ4v) is 2.24. The van der Waals surface area contributed by atoms with Crippen LogP contribution in [0.2, 0.25) is 0 Å². The smallest absolute Gasteiger partial charge is 0.239 e. The molecule has 0 aliphatic heterocycles. The molecule has 0 atom stereocenters. The molecule has 2 amide bonds. The normalized spacial score (nSPS) is 11.1. The predicted octanol–water partition coefficient (Wildman–Crippen LogP) is 2.91. The molecule has 1 aromatic heterocycles. The molecular formula is C19H24N2O3. The fraction of sp³-hybridized carbons (Fsp3) is 0.368. The number of hydrogen-bond acceptors (Lipinski definition) is 3. The average molecular weight is 328 g/mol. The first-order chi connectivity index (χ1) is 11.3. The van der Waals surface area contributed by atoms with Crippen molar-refractivity contribution in [2.75, 3.05) is 6.54 Å². The Bertz CT molecular complexity index is 684. The SMILES string of the molecule is CC(C)(C)NC(=O)CNC(=O)CCc1ccc(-c2ccccc2)o1. The second-order valence-corrected chi connectivity index (χ2v) is 6.71. The molecule has 1 heterocycles. The van der Waals surface area contributed by atoms with E-state index in [0.717, 1.165) is 17.1 Å². The number of hydrogen-bond donors (Lipinski definition) is 2. The van der Waals surface area contributed by atoms with Crippen LogP contribution in [0.5, 0.6) is 0 Å². The third-order valence-electron chi connectivity index (χ3n) is 3.28. The molecule has 2 aromatic rings. The van der Waals surface area contributed by atoms with Crippen molar-refractivity contribution in [1.82, 2.24) is 10.6 Å². The molecule has 128 valence electrons. The fourth-order valence-electron chi connectivity index (χ4n) is 2.24. The van der Waals surface area contributed by atoms with Crippen LogP contribution in [0.3, 0.4) is 0 Å². The molecule has 0 aliphatic rings. The van der Waals surface area contributed by atoms with Gasteiger partial charge in [-0.15, -0.1) is 0 Å². The quantitative estimate of drug-likeness (QED) is 0.856. The molecule has 0 aliphatic carbocycles. The first-order valence-electron chi connectivity index (χ1n) is 8.05. The van der Waals surface area contributed by atoms with Crippen LogP contribution in [-0.2, 0) is 16.0 Å². The van der Waals surface area contributed by atoms with Gasteiger partial charge in [0.1, 0.15) is 11.5 Å². The molecule has 2 N–H and O–H groups in total. The molecule has 2 rings (SSSR count). The van der Waals surface area contributed by atoms with Gasteiger partial charge < -0.3 is 15.1 Å². The second-order valence-electron chi connectivity index (χ2n) is 6.71. The van der Waals surface area contributed by atoms with Crippen molar-refractivity contribution in [1.29, 1.82) is 0 Å². The Morgan fingerprint density at radius 2 is 1.71 bits per heavy atom. The number of rotatable bonds is 6. The summed E-state index contributed by atoms with van der Waals surface area (Å²) in [5.41, 5.74) is 0.705. The molecule has 0 saturated heterocycles. The molecule has 5 nitrogen and oxygen atoms in total. The van der Waals surface area contributed by atoms with Crippen LogP contribution in [0.15, 0.2) is 46.9 Å². The molecule has 0 bridgehead atoms. The lowest BCUT2D eigenvalue weighted by molar-refractivity contribution is -0.126.